The van der Waals surface area contributed by atoms with Gasteiger partial charge in [-0.15, -0.1) is 0 Å². The standard InChI is InChI=1S/C15H12Cl2N2/c1-10-3-5-13(19(10)2)7-11(9-18)14-6-4-12(16)8-15(14)17/h3-8H,1-2H3/b11-7-. The second kappa shape index (κ2) is 5.52. The lowest BCUT2D eigenvalue weighted by atomic mass is 10.1. The Kier molecular flexibility index (Phi) is 3.99. The molecule has 4 heteroatoms. The van der Waals surface area contributed by atoms with Crippen molar-refractivity contribution in [2.24, 2.45) is 7.05 Å². The molecule has 2 aromatic rings. The van der Waals surface area contributed by atoms with E-state index in [9.17, 15) is 5.26 Å². The number of benzene rings is 1. The van der Waals surface area contributed by atoms with Crippen molar-refractivity contribution in [1.29, 1.82) is 5.26 Å². The average Bonchev–Trinajstić information content (AvgIpc) is 2.68. The molecule has 96 valence electrons. The molecule has 0 atom stereocenters. The van der Waals surface area contributed by atoms with E-state index in [1.807, 2.05) is 36.7 Å². The third kappa shape index (κ3) is 2.84. The normalized spacial score (nSPS) is 11.4. The summed E-state index contributed by atoms with van der Waals surface area (Å²) in [5.74, 6) is 0. The van der Waals surface area contributed by atoms with E-state index in [1.54, 1.807) is 18.2 Å². The van der Waals surface area contributed by atoms with E-state index in [2.05, 4.69) is 6.07 Å². The van der Waals surface area contributed by atoms with Gasteiger partial charge < -0.3 is 4.57 Å². The van der Waals surface area contributed by atoms with Crippen LogP contribution in [0.15, 0.2) is 30.3 Å². The lowest BCUT2D eigenvalue weighted by Crippen LogP contribution is -1.93. The van der Waals surface area contributed by atoms with Crippen LogP contribution in [0.4, 0.5) is 0 Å². The van der Waals surface area contributed by atoms with Crippen LogP contribution in [0.25, 0.3) is 11.6 Å². The Morgan fingerprint density at radius 1 is 1.26 bits per heavy atom. The zero-order chi connectivity index (χ0) is 14.0. The molecule has 0 spiro atoms. The highest BCUT2D eigenvalue weighted by atomic mass is 35.5. The third-order valence-corrected chi connectivity index (χ3v) is 3.59. The van der Waals surface area contributed by atoms with Crippen molar-refractivity contribution in [3.8, 4) is 6.07 Å². The molecule has 0 aliphatic heterocycles. The SMILES string of the molecule is Cc1ccc(/C=C(/C#N)c2ccc(Cl)cc2Cl)n1C. The fraction of sp³-hybridized carbons (Fsp3) is 0.133. The molecule has 1 aromatic carbocycles. The number of aromatic nitrogens is 1. The van der Waals surface area contributed by atoms with Crippen LogP contribution in [0.3, 0.4) is 0 Å². The van der Waals surface area contributed by atoms with Crippen LogP contribution in [0.5, 0.6) is 0 Å². The van der Waals surface area contributed by atoms with E-state index in [0.29, 0.717) is 21.2 Å². The van der Waals surface area contributed by atoms with Gasteiger partial charge in [-0.3, -0.25) is 0 Å². The Hall–Kier alpha value is -1.69. The number of hydrogen-bond donors (Lipinski definition) is 0. The molecule has 0 amide bonds. The molecule has 0 saturated heterocycles. The second-order valence-corrected chi connectivity index (χ2v) is 5.10. The highest BCUT2D eigenvalue weighted by Crippen LogP contribution is 2.28. The first-order valence-corrected chi connectivity index (χ1v) is 6.48. The predicted octanol–water partition coefficient (Wildman–Crippen LogP) is 4.70. The van der Waals surface area contributed by atoms with Crippen molar-refractivity contribution < 1.29 is 0 Å². The average molecular weight is 291 g/mol. The zero-order valence-corrected chi connectivity index (χ0v) is 12.1. The molecule has 1 heterocycles. The number of aryl methyl sites for hydroxylation is 1. The maximum absolute atomic E-state index is 9.31. The van der Waals surface area contributed by atoms with Crippen molar-refractivity contribution >= 4 is 34.9 Å². The summed E-state index contributed by atoms with van der Waals surface area (Å²) < 4.78 is 2.02. The van der Waals surface area contributed by atoms with E-state index >= 15 is 0 Å². The molecule has 2 nitrogen and oxygen atoms in total. The van der Waals surface area contributed by atoms with E-state index in [0.717, 1.165) is 11.4 Å². The maximum Gasteiger partial charge on any atom is 0.0999 e. The summed E-state index contributed by atoms with van der Waals surface area (Å²) >= 11 is 12.0. The molecule has 0 unspecified atom stereocenters. The Balaban J connectivity index is 2.51. The van der Waals surface area contributed by atoms with Gasteiger partial charge in [0, 0.05) is 29.0 Å². The lowest BCUT2D eigenvalue weighted by molar-refractivity contribution is 0.872. The first kappa shape index (κ1) is 13.7. The van der Waals surface area contributed by atoms with E-state index in [-0.39, 0.29) is 0 Å². The van der Waals surface area contributed by atoms with Gasteiger partial charge in [-0.05, 0) is 37.3 Å². The summed E-state index contributed by atoms with van der Waals surface area (Å²) in [5.41, 5.74) is 3.29. The van der Waals surface area contributed by atoms with Crippen LogP contribution < -0.4 is 0 Å². The maximum atomic E-state index is 9.31. The van der Waals surface area contributed by atoms with E-state index in [1.165, 1.54) is 0 Å². The lowest BCUT2D eigenvalue weighted by Gasteiger charge is -2.05. The van der Waals surface area contributed by atoms with Crippen molar-refractivity contribution in [3.05, 3.63) is 57.3 Å². The quantitative estimate of drug-likeness (QED) is 0.737. The summed E-state index contributed by atoms with van der Waals surface area (Å²) in [4.78, 5) is 0. The minimum Gasteiger partial charge on any atom is -0.348 e. The minimum absolute atomic E-state index is 0.478. The van der Waals surface area contributed by atoms with Crippen LogP contribution in [-0.4, -0.2) is 4.57 Å². The first-order chi connectivity index (χ1) is 9.02. The summed E-state index contributed by atoms with van der Waals surface area (Å²) in [6.07, 6.45) is 1.82. The topological polar surface area (TPSA) is 28.7 Å². The largest absolute Gasteiger partial charge is 0.348 e. The smallest absolute Gasteiger partial charge is 0.0999 e. The van der Waals surface area contributed by atoms with Crippen molar-refractivity contribution in [1.82, 2.24) is 4.57 Å². The molecule has 0 aliphatic rings. The van der Waals surface area contributed by atoms with Crippen LogP contribution in [0.2, 0.25) is 10.0 Å². The van der Waals surface area contributed by atoms with E-state index < -0.39 is 0 Å². The Labute approximate surface area is 122 Å². The number of nitriles is 1. The Morgan fingerprint density at radius 2 is 2.00 bits per heavy atom. The van der Waals surface area contributed by atoms with Crippen LogP contribution in [0.1, 0.15) is 17.0 Å². The molecule has 0 radical (unpaired) electrons. The molecular weight excluding hydrogens is 279 g/mol. The zero-order valence-electron chi connectivity index (χ0n) is 10.6. The molecular formula is C15H12Cl2N2. The monoisotopic (exact) mass is 290 g/mol. The summed E-state index contributed by atoms with van der Waals surface area (Å²) in [5, 5.41) is 10.3. The van der Waals surface area contributed by atoms with Gasteiger partial charge in [0.15, 0.2) is 0 Å². The van der Waals surface area contributed by atoms with Crippen molar-refractivity contribution in [3.63, 3.8) is 0 Å². The number of halogens is 2. The molecule has 0 bridgehead atoms. The van der Waals surface area contributed by atoms with Gasteiger partial charge >= 0.3 is 0 Å². The molecule has 0 fully saturated rings. The van der Waals surface area contributed by atoms with Gasteiger partial charge in [-0.2, -0.15) is 5.26 Å². The first-order valence-electron chi connectivity index (χ1n) is 5.72. The fourth-order valence-corrected chi connectivity index (χ4v) is 2.31. The van der Waals surface area contributed by atoms with Crippen LogP contribution >= 0.6 is 23.2 Å². The highest BCUT2D eigenvalue weighted by Gasteiger charge is 2.08. The fourth-order valence-electron chi connectivity index (χ4n) is 1.80. The van der Waals surface area contributed by atoms with Gasteiger partial charge in [0.1, 0.15) is 0 Å². The highest BCUT2D eigenvalue weighted by molar-refractivity contribution is 6.36. The number of hydrogen-bond acceptors (Lipinski definition) is 1. The minimum atomic E-state index is 0.478. The van der Waals surface area contributed by atoms with Gasteiger partial charge in [0.05, 0.1) is 16.7 Å². The molecule has 19 heavy (non-hydrogen) atoms. The Morgan fingerprint density at radius 3 is 2.53 bits per heavy atom. The van der Waals surface area contributed by atoms with Crippen molar-refractivity contribution in [2.45, 2.75) is 6.92 Å². The van der Waals surface area contributed by atoms with Crippen LogP contribution in [0, 0.1) is 18.3 Å². The van der Waals surface area contributed by atoms with Crippen LogP contribution in [-0.2, 0) is 7.05 Å². The predicted molar refractivity (Wildman–Crippen MR) is 80.1 cm³/mol. The van der Waals surface area contributed by atoms with Gasteiger partial charge in [-0.25, -0.2) is 0 Å². The molecule has 1 aromatic heterocycles. The second-order valence-electron chi connectivity index (χ2n) is 4.25. The molecule has 2 rings (SSSR count). The van der Waals surface area contributed by atoms with E-state index in [4.69, 9.17) is 23.2 Å². The Bertz CT molecular complexity index is 691. The number of nitrogens with zero attached hydrogens (tertiary/aromatic N) is 2. The van der Waals surface area contributed by atoms with Gasteiger partial charge in [0.25, 0.3) is 0 Å². The number of rotatable bonds is 2. The summed E-state index contributed by atoms with van der Waals surface area (Å²) in [6.45, 7) is 2.01. The molecule has 0 saturated carbocycles. The van der Waals surface area contributed by atoms with Gasteiger partial charge in [0.2, 0.25) is 0 Å². The molecule has 0 aliphatic carbocycles. The number of allylic oxidation sites excluding steroid dienone is 1. The van der Waals surface area contributed by atoms with Gasteiger partial charge in [-0.1, -0.05) is 29.3 Å². The summed E-state index contributed by atoms with van der Waals surface area (Å²) in [6, 6.07) is 11.3. The molecule has 0 N–H and O–H groups in total. The third-order valence-electron chi connectivity index (χ3n) is 3.05. The van der Waals surface area contributed by atoms with Crippen molar-refractivity contribution in [2.75, 3.05) is 0 Å². The summed E-state index contributed by atoms with van der Waals surface area (Å²) in [7, 11) is 1.96.